The molecule has 3 unspecified atom stereocenters. The summed E-state index contributed by atoms with van der Waals surface area (Å²) >= 11 is 0. The molecular weight excluding hydrogens is 354 g/mol. The van der Waals surface area contributed by atoms with Gasteiger partial charge in [-0.15, -0.1) is 0 Å². The van der Waals surface area contributed by atoms with Crippen molar-refractivity contribution in [2.45, 2.75) is 71.0 Å². The van der Waals surface area contributed by atoms with E-state index in [1.54, 1.807) is 33.9 Å². The third-order valence-corrected chi connectivity index (χ3v) is 4.02. The monoisotopic (exact) mass is 383 g/mol. The summed E-state index contributed by atoms with van der Waals surface area (Å²) in [5.74, 6) is -0.631. The first kappa shape index (κ1) is 21.2. The van der Waals surface area contributed by atoms with Gasteiger partial charge in [-0.2, -0.15) is 0 Å². The van der Waals surface area contributed by atoms with Gasteiger partial charge in [-0.3, -0.25) is 0 Å². The molecule has 152 valence electrons. The number of imidazole rings is 1. The number of aromatic nitrogens is 2. The normalized spacial score (nSPS) is 19.9. The van der Waals surface area contributed by atoms with Crippen LogP contribution in [0.1, 0.15) is 64.9 Å². The lowest BCUT2D eigenvalue weighted by atomic mass is 10.2. The molecule has 0 aliphatic carbocycles. The number of nitrogens with zero attached hydrogens (tertiary/aromatic N) is 2. The van der Waals surface area contributed by atoms with Crippen molar-refractivity contribution >= 4 is 12.1 Å². The third kappa shape index (κ3) is 6.51. The Labute approximate surface area is 159 Å². The highest BCUT2D eigenvalue weighted by molar-refractivity contribution is 5.74. The van der Waals surface area contributed by atoms with E-state index < -0.39 is 29.8 Å². The van der Waals surface area contributed by atoms with Crippen LogP contribution in [0.15, 0.2) is 12.4 Å². The number of carboxylic acid groups (broad SMARTS) is 1. The summed E-state index contributed by atoms with van der Waals surface area (Å²) in [4.78, 5) is 27.8. The van der Waals surface area contributed by atoms with Crippen LogP contribution in [0.5, 0.6) is 0 Å². The van der Waals surface area contributed by atoms with Gasteiger partial charge in [-0.25, -0.2) is 14.6 Å². The third-order valence-electron chi connectivity index (χ3n) is 4.02. The lowest BCUT2D eigenvalue weighted by Crippen LogP contribution is -2.38. The van der Waals surface area contributed by atoms with E-state index in [9.17, 15) is 14.7 Å². The maximum Gasteiger partial charge on any atom is 0.407 e. The van der Waals surface area contributed by atoms with E-state index in [1.807, 2.05) is 0 Å². The molecule has 0 radical (unpaired) electrons. The molecule has 1 amide bonds. The second-order valence-corrected chi connectivity index (χ2v) is 7.50. The number of hydrogen-bond donors (Lipinski definition) is 2. The fourth-order valence-electron chi connectivity index (χ4n) is 2.81. The van der Waals surface area contributed by atoms with Gasteiger partial charge >= 0.3 is 12.1 Å². The molecule has 2 N–H and O–H groups in total. The molecule has 1 saturated heterocycles. The van der Waals surface area contributed by atoms with Gasteiger partial charge in [0.15, 0.2) is 6.29 Å². The topological polar surface area (TPSA) is 112 Å². The van der Waals surface area contributed by atoms with Crippen LogP contribution in [-0.2, 0) is 19.0 Å². The molecule has 1 aromatic heterocycles. The molecule has 9 nitrogen and oxygen atoms in total. The number of aliphatic carboxylic acids is 1. The van der Waals surface area contributed by atoms with Gasteiger partial charge < -0.3 is 29.2 Å². The number of carbonyl (C=O) groups excluding carboxylic acids is 1. The van der Waals surface area contributed by atoms with E-state index >= 15 is 0 Å². The Hall–Kier alpha value is -2.13. The molecule has 1 aromatic rings. The predicted molar refractivity (Wildman–Crippen MR) is 96.2 cm³/mol. The minimum absolute atomic E-state index is 0.139. The van der Waals surface area contributed by atoms with Crippen LogP contribution in [0.25, 0.3) is 0 Å². The molecule has 0 spiro atoms. The summed E-state index contributed by atoms with van der Waals surface area (Å²) in [7, 11) is 0. The summed E-state index contributed by atoms with van der Waals surface area (Å²) in [5, 5.41) is 12.1. The standard InChI is InChI=1S/C18H29N3O6/c1-12(26-14-7-5-6-10-25-14)15-19-8-9-21(15)13(16(22)23)11-20-17(24)27-18(2,3)4/h8-9,12-14H,5-7,10-11H2,1-4H3,(H,20,24)(H,22,23). The Kier molecular flexibility index (Phi) is 7.20. The minimum atomic E-state index is -1.09. The largest absolute Gasteiger partial charge is 0.480 e. The second kappa shape index (κ2) is 9.18. The average Bonchev–Trinajstić information content (AvgIpc) is 3.03. The quantitative estimate of drug-likeness (QED) is 0.744. The zero-order valence-corrected chi connectivity index (χ0v) is 16.3. The van der Waals surface area contributed by atoms with Gasteiger partial charge in [-0.1, -0.05) is 0 Å². The Bertz CT molecular complexity index is 633. The molecule has 2 heterocycles. The highest BCUT2D eigenvalue weighted by Gasteiger charge is 2.28. The summed E-state index contributed by atoms with van der Waals surface area (Å²) in [6, 6.07) is -1.03. The fraction of sp³-hybridized carbons (Fsp3) is 0.722. The molecular formula is C18H29N3O6. The molecule has 0 bridgehead atoms. The Balaban J connectivity index is 2.03. The highest BCUT2D eigenvalue weighted by atomic mass is 16.7. The maximum atomic E-state index is 11.8. The smallest absolute Gasteiger partial charge is 0.407 e. The zero-order chi connectivity index (χ0) is 20.0. The van der Waals surface area contributed by atoms with Crippen LogP contribution in [0.3, 0.4) is 0 Å². The Morgan fingerprint density at radius 3 is 2.78 bits per heavy atom. The van der Waals surface area contributed by atoms with Crippen LogP contribution >= 0.6 is 0 Å². The van der Waals surface area contributed by atoms with E-state index in [4.69, 9.17) is 14.2 Å². The van der Waals surface area contributed by atoms with E-state index in [-0.39, 0.29) is 12.8 Å². The number of carbonyl (C=O) groups is 2. The number of amides is 1. The average molecular weight is 383 g/mol. The molecule has 2 rings (SSSR count). The van der Waals surface area contributed by atoms with Crippen molar-refractivity contribution < 1.29 is 28.9 Å². The van der Waals surface area contributed by atoms with Crippen LogP contribution in [0, 0.1) is 0 Å². The lowest BCUT2D eigenvalue weighted by Gasteiger charge is -2.27. The second-order valence-electron chi connectivity index (χ2n) is 7.50. The lowest BCUT2D eigenvalue weighted by molar-refractivity contribution is -0.188. The van der Waals surface area contributed by atoms with Crippen molar-refractivity contribution in [1.29, 1.82) is 0 Å². The zero-order valence-electron chi connectivity index (χ0n) is 16.3. The van der Waals surface area contributed by atoms with Crippen molar-refractivity contribution in [2.75, 3.05) is 13.2 Å². The number of carboxylic acids is 1. The Morgan fingerprint density at radius 1 is 1.44 bits per heavy atom. The van der Waals surface area contributed by atoms with Crippen LogP contribution in [0.2, 0.25) is 0 Å². The van der Waals surface area contributed by atoms with Crippen molar-refractivity contribution in [1.82, 2.24) is 14.9 Å². The van der Waals surface area contributed by atoms with Crippen LogP contribution in [0.4, 0.5) is 4.79 Å². The van der Waals surface area contributed by atoms with Gasteiger partial charge in [0.05, 0.1) is 6.54 Å². The predicted octanol–water partition coefficient (Wildman–Crippen LogP) is 2.64. The first-order chi connectivity index (χ1) is 12.7. The van der Waals surface area contributed by atoms with E-state index in [1.165, 1.54) is 10.8 Å². The minimum Gasteiger partial charge on any atom is -0.480 e. The summed E-state index contributed by atoms with van der Waals surface area (Å²) in [5.41, 5.74) is -0.661. The van der Waals surface area contributed by atoms with E-state index in [2.05, 4.69) is 10.3 Å². The van der Waals surface area contributed by atoms with Gasteiger partial charge in [0.2, 0.25) is 0 Å². The molecule has 1 aliphatic rings. The molecule has 1 fully saturated rings. The maximum absolute atomic E-state index is 11.8. The SMILES string of the molecule is CC(OC1CCCCO1)c1nccn1C(CNC(=O)OC(C)(C)C)C(=O)O. The Morgan fingerprint density at radius 2 is 2.19 bits per heavy atom. The van der Waals surface area contributed by atoms with Crippen LogP contribution < -0.4 is 5.32 Å². The number of rotatable bonds is 7. The summed E-state index contributed by atoms with van der Waals surface area (Å²) in [6.07, 6.45) is 4.48. The summed E-state index contributed by atoms with van der Waals surface area (Å²) in [6.45, 7) is 7.53. The molecule has 0 aromatic carbocycles. The molecule has 3 atom stereocenters. The molecule has 1 aliphatic heterocycles. The van der Waals surface area contributed by atoms with Crippen molar-refractivity contribution in [3.8, 4) is 0 Å². The number of nitrogens with one attached hydrogen (secondary N) is 1. The summed E-state index contributed by atoms with van der Waals surface area (Å²) < 4.78 is 18.1. The van der Waals surface area contributed by atoms with Crippen LogP contribution in [-0.4, -0.2) is 51.8 Å². The van der Waals surface area contributed by atoms with Crippen molar-refractivity contribution in [3.05, 3.63) is 18.2 Å². The molecule has 27 heavy (non-hydrogen) atoms. The fourth-order valence-corrected chi connectivity index (χ4v) is 2.81. The van der Waals surface area contributed by atoms with Gasteiger partial charge in [0.25, 0.3) is 0 Å². The number of ether oxygens (including phenoxy) is 3. The van der Waals surface area contributed by atoms with Crippen molar-refractivity contribution in [2.24, 2.45) is 0 Å². The molecule has 0 saturated carbocycles. The molecule has 9 heteroatoms. The van der Waals surface area contributed by atoms with Gasteiger partial charge in [0, 0.05) is 19.0 Å². The van der Waals surface area contributed by atoms with E-state index in [0.717, 1.165) is 19.3 Å². The number of hydrogen-bond acceptors (Lipinski definition) is 6. The number of alkyl carbamates (subject to hydrolysis) is 1. The van der Waals surface area contributed by atoms with Gasteiger partial charge in [-0.05, 0) is 47.0 Å². The first-order valence-corrected chi connectivity index (χ1v) is 9.17. The van der Waals surface area contributed by atoms with Crippen molar-refractivity contribution in [3.63, 3.8) is 0 Å². The van der Waals surface area contributed by atoms with Gasteiger partial charge in [0.1, 0.15) is 23.6 Å². The first-order valence-electron chi connectivity index (χ1n) is 9.17. The highest BCUT2D eigenvalue weighted by Crippen LogP contribution is 2.24. The van der Waals surface area contributed by atoms with E-state index in [0.29, 0.717) is 12.4 Å².